The van der Waals surface area contributed by atoms with Crippen molar-refractivity contribution in [1.29, 1.82) is 0 Å². The Morgan fingerprint density at radius 2 is 0.730 bits per heavy atom. The van der Waals surface area contributed by atoms with Crippen LogP contribution in [0, 0.1) is 0 Å². The Hall–Kier alpha value is -8.40. The molecule has 0 amide bonds. The minimum absolute atomic E-state index is 1.09. The van der Waals surface area contributed by atoms with Crippen molar-refractivity contribution in [2.45, 2.75) is 0 Å². The number of benzene rings is 10. The van der Waals surface area contributed by atoms with Crippen molar-refractivity contribution in [1.82, 2.24) is 9.13 Å². The maximum atomic E-state index is 2.47. The van der Waals surface area contributed by atoms with Gasteiger partial charge in [0.05, 0.1) is 27.8 Å². The van der Waals surface area contributed by atoms with Gasteiger partial charge < -0.3 is 14.0 Å². The van der Waals surface area contributed by atoms with Gasteiger partial charge in [-0.2, -0.15) is 0 Å². The number of para-hydroxylation sites is 4. The highest BCUT2D eigenvalue weighted by molar-refractivity contribution is 6.26. The Morgan fingerprint density at radius 3 is 1.37 bits per heavy atom. The first kappa shape index (κ1) is 36.5. The van der Waals surface area contributed by atoms with Crippen LogP contribution >= 0.6 is 0 Å². The van der Waals surface area contributed by atoms with Crippen LogP contribution in [0.2, 0.25) is 0 Å². The van der Waals surface area contributed by atoms with Crippen LogP contribution in [0.5, 0.6) is 0 Å². The molecule has 3 heteroatoms. The molecule has 0 aliphatic heterocycles. The fourth-order valence-corrected chi connectivity index (χ4v) is 9.63. The van der Waals surface area contributed by atoms with Crippen LogP contribution in [0.25, 0.3) is 88.4 Å². The van der Waals surface area contributed by atoms with E-state index in [2.05, 4.69) is 263 Å². The zero-order valence-electron chi connectivity index (χ0n) is 34.5. The second kappa shape index (κ2) is 15.3. The Labute approximate surface area is 366 Å². The summed E-state index contributed by atoms with van der Waals surface area (Å²) in [6.45, 7) is 0. The van der Waals surface area contributed by atoms with E-state index < -0.39 is 0 Å². The van der Waals surface area contributed by atoms with Gasteiger partial charge in [-0.1, -0.05) is 176 Å². The molecule has 12 rings (SSSR count). The lowest BCUT2D eigenvalue weighted by molar-refractivity contribution is 1.17. The first-order valence-electron chi connectivity index (χ1n) is 21.6. The number of nitrogens with zero attached hydrogens (tertiary/aromatic N) is 3. The summed E-state index contributed by atoms with van der Waals surface area (Å²) in [7, 11) is 0. The molecule has 0 unspecified atom stereocenters. The largest absolute Gasteiger partial charge is 0.310 e. The van der Waals surface area contributed by atoms with Crippen molar-refractivity contribution < 1.29 is 0 Å². The highest BCUT2D eigenvalue weighted by Crippen LogP contribution is 2.44. The van der Waals surface area contributed by atoms with Crippen LogP contribution in [0.4, 0.5) is 17.1 Å². The Morgan fingerprint density at radius 1 is 0.270 bits per heavy atom. The van der Waals surface area contributed by atoms with E-state index in [1.807, 2.05) is 0 Å². The van der Waals surface area contributed by atoms with Crippen LogP contribution in [0.3, 0.4) is 0 Å². The van der Waals surface area contributed by atoms with Crippen molar-refractivity contribution in [2.75, 3.05) is 4.90 Å². The first-order valence-corrected chi connectivity index (χ1v) is 21.6. The van der Waals surface area contributed by atoms with Crippen LogP contribution in [0.15, 0.2) is 249 Å². The molecule has 0 spiro atoms. The lowest BCUT2D eigenvalue weighted by Gasteiger charge is -2.28. The number of hydrogen-bond donors (Lipinski definition) is 0. The molecule has 0 fully saturated rings. The predicted molar refractivity (Wildman–Crippen MR) is 266 cm³/mol. The molecule has 296 valence electrons. The molecule has 2 aromatic heterocycles. The molecule has 0 bridgehead atoms. The highest BCUT2D eigenvalue weighted by atomic mass is 15.1. The van der Waals surface area contributed by atoms with Gasteiger partial charge in [-0.05, 0) is 101 Å². The number of hydrogen-bond acceptors (Lipinski definition) is 1. The Balaban J connectivity index is 0.956. The number of aromatic nitrogens is 2. The van der Waals surface area contributed by atoms with E-state index in [-0.39, 0.29) is 0 Å². The van der Waals surface area contributed by atoms with Gasteiger partial charge in [0.2, 0.25) is 0 Å². The fraction of sp³-hybridized carbons (Fsp3) is 0. The summed E-state index contributed by atoms with van der Waals surface area (Å²) in [6.07, 6.45) is 0. The molecule has 0 aliphatic rings. The third kappa shape index (κ3) is 6.21. The van der Waals surface area contributed by atoms with Crippen molar-refractivity contribution >= 4 is 60.7 Å². The van der Waals surface area contributed by atoms with Gasteiger partial charge in [0.15, 0.2) is 0 Å². The second-order valence-corrected chi connectivity index (χ2v) is 16.1. The smallest absolute Gasteiger partial charge is 0.0641 e. The molecular weight excluding hydrogens is 763 g/mol. The van der Waals surface area contributed by atoms with Gasteiger partial charge in [-0.25, -0.2) is 0 Å². The van der Waals surface area contributed by atoms with Crippen LogP contribution in [0.1, 0.15) is 0 Å². The van der Waals surface area contributed by atoms with E-state index in [4.69, 9.17) is 0 Å². The molecule has 2 heterocycles. The van der Waals surface area contributed by atoms with Gasteiger partial charge in [0.25, 0.3) is 0 Å². The average molecular weight is 804 g/mol. The summed E-state index contributed by atoms with van der Waals surface area (Å²) in [6, 6.07) is 89.9. The molecule has 0 atom stereocenters. The topological polar surface area (TPSA) is 13.1 Å². The van der Waals surface area contributed by atoms with Gasteiger partial charge in [-0.3, -0.25) is 0 Å². The van der Waals surface area contributed by atoms with E-state index in [0.29, 0.717) is 0 Å². The quantitative estimate of drug-likeness (QED) is 0.149. The van der Waals surface area contributed by atoms with Gasteiger partial charge in [0, 0.05) is 49.9 Å². The lowest BCUT2D eigenvalue weighted by Crippen LogP contribution is -2.11. The van der Waals surface area contributed by atoms with E-state index in [1.54, 1.807) is 0 Å². The van der Waals surface area contributed by atoms with Crippen molar-refractivity contribution in [3.63, 3.8) is 0 Å². The molecule has 0 radical (unpaired) electrons. The lowest BCUT2D eigenvalue weighted by atomic mass is 10.0. The predicted octanol–water partition coefficient (Wildman–Crippen LogP) is 16.4. The van der Waals surface area contributed by atoms with Gasteiger partial charge in [-0.15, -0.1) is 0 Å². The molecule has 0 aliphatic carbocycles. The Bertz CT molecular complexity index is 3570. The molecule has 63 heavy (non-hydrogen) atoms. The Kier molecular flexibility index (Phi) is 8.83. The van der Waals surface area contributed by atoms with E-state index >= 15 is 0 Å². The highest BCUT2D eigenvalue weighted by Gasteiger charge is 2.21. The molecule has 3 nitrogen and oxygen atoms in total. The summed E-state index contributed by atoms with van der Waals surface area (Å²) in [5.41, 5.74) is 17.5. The van der Waals surface area contributed by atoms with Crippen LogP contribution in [-0.2, 0) is 0 Å². The first-order chi connectivity index (χ1) is 31.3. The SMILES string of the molecule is c1ccc(-c2ccc(N(c3ccc(-c4ccc(-n5c6ccccc6c6ccc7c(c8ccccc8n7-c7ccccc7)c65)cc4)cc3)c3ccccc3-c3ccccc3)cc2)cc1. The third-order valence-electron chi connectivity index (χ3n) is 12.5. The molecular formula is C60H41N3. The normalized spacial score (nSPS) is 11.5. The molecule has 12 aromatic rings. The van der Waals surface area contributed by atoms with Gasteiger partial charge in [0.1, 0.15) is 0 Å². The van der Waals surface area contributed by atoms with Crippen LogP contribution < -0.4 is 4.90 Å². The molecule has 10 aromatic carbocycles. The van der Waals surface area contributed by atoms with Gasteiger partial charge >= 0.3 is 0 Å². The summed E-state index contributed by atoms with van der Waals surface area (Å²) >= 11 is 0. The molecule has 0 saturated carbocycles. The number of rotatable bonds is 8. The van der Waals surface area contributed by atoms with E-state index in [1.165, 1.54) is 71.4 Å². The van der Waals surface area contributed by atoms with E-state index in [0.717, 1.165) is 34.0 Å². The maximum absolute atomic E-state index is 2.47. The number of anilines is 3. The van der Waals surface area contributed by atoms with Crippen molar-refractivity contribution in [3.8, 4) is 44.8 Å². The molecule has 0 N–H and O–H groups in total. The molecule has 0 saturated heterocycles. The summed E-state index contributed by atoms with van der Waals surface area (Å²) in [4.78, 5) is 2.38. The zero-order valence-corrected chi connectivity index (χ0v) is 34.5. The monoisotopic (exact) mass is 803 g/mol. The number of fused-ring (bicyclic) bond motifs is 7. The van der Waals surface area contributed by atoms with Crippen molar-refractivity contribution in [3.05, 3.63) is 249 Å². The third-order valence-corrected chi connectivity index (χ3v) is 12.5. The second-order valence-electron chi connectivity index (χ2n) is 16.1. The average Bonchev–Trinajstić information content (AvgIpc) is 3.89. The summed E-state index contributed by atoms with van der Waals surface area (Å²) in [5.74, 6) is 0. The van der Waals surface area contributed by atoms with E-state index in [9.17, 15) is 0 Å². The standard InChI is InChI=1S/C60H41N3/c1-4-16-42(17-5-1)43-28-34-48(35-29-43)61(55-25-13-10-22-51(55)46-18-6-2-7-19-46)49-36-30-44(31-37-49)45-32-38-50(39-33-45)63-56-26-14-11-23-52(56)53-40-41-58-59(60(53)63)54-24-12-15-27-57(54)62(58)47-20-8-3-9-21-47/h1-41H. The zero-order chi connectivity index (χ0) is 41.7. The minimum atomic E-state index is 1.09. The van der Waals surface area contributed by atoms with Crippen LogP contribution in [-0.4, -0.2) is 9.13 Å². The summed E-state index contributed by atoms with van der Waals surface area (Å²) < 4.78 is 4.87. The fourth-order valence-electron chi connectivity index (χ4n) is 9.63. The minimum Gasteiger partial charge on any atom is -0.310 e. The van der Waals surface area contributed by atoms with Crippen molar-refractivity contribution in [2.24, 2.45) is 0 Å². The maximum Gasteiger partial charge on any atom is 0.0641 e. The summed E-state index contributed by atoms with van der Waals surface area (Å²) in [5, 5.41) is 5.01.